The fourth-order valence-electron chi connectivity index (χ4n) is 3.91. The Kier molecular flexibility index (Phi) is 7.33. The lowest BCUT2D eigenvalue weighted by molar-refractivity contribution is 0.0587. The Labute approximate surface area is 197 Å². The van der Waals surface area contributed by atoms with Crippen LogP contribution in [0.4, 0.5) is 0 Å². The SMILES string of the molecule is COC(=O)c1c(C)c(C(=O)C(C)N(Cc2cccnc2)C(=O)c2ccc(Cl)cc2)c(C)n1C. The first-order valence-corrected chi connectivity index (χ1v) is 10.8. The molecule has 2 heterocycles. The zero-order valence-corrected chi connectivity index (χ0v) is 20.0. The summed E-state index contributed by atoms with van der Waals surface area (Å²) in [6.45, 7) is 5.37. The lowest BCUT2D eigenvalue weighted by Crippen LogP contribution is -2.43. The van der Waals surface area contributed by atoms with Gasteiger partial charge in [-0.25, -0.2) is 4.79 Å². The molecule has 0 fully saturated rings. The first-order chi connectivity index (χ1) is 15.7. The third-order valence-corrected chi connectivity index (χ3v) is 6.08. The predicted molar refractivity (Wildman–Crippen MR) is 126 cm³/mol. The summed E-state index contributed by atoms with van der Waals surface area (Å²) in [6, 6.07) is 9.36. The Hall–Kier alpha value is -3.45. The maximum atomic E-state index is 13.7. The third-order valence-electron chi connectivity index (χ3n) is 5.83. The molecule has 0 saturated heterocycles. The van der Waals surface area contributed by atoms with Gasteiger partial charge >= 0.3 is 5.97 Å². The van der Waals surface area contributed by atoms with Crippen LogP contribution in [0.3, 0.4) is 0 Å². The van der Waals surface area contributed by atoms with Gasteiger partial charge in [0.25, 0.3) is 5.91 Å². The van der Waals surface area contributed by atoms with Crippen molar-refractivity contribution in [2.75, 3.05) is 7.11 Å². The Morgan fingerprint density at radius 3 is 2.39 bits per heavy atom. The number of hydrogen-bond donors (Lipinski definition) is 0. The van der Waals surface area contributed by atoms with E-state index in [1.165, 1.54) is 12.0 Å². The summed E-state index contributed by atoms with van der Waals surface area (Å²) in [6.07, 6.45) is 3.31. The van der Waals surface area contributed by atoms with Crippen molar-refractivity contribution >= 4 is 29.3 Å². The van der Waals surface area contributed by atoms with Gasteiger partial charge in [0.05, 0.1) is 13.2 Å². The molecule has 0 aliphatic carbocycles. The van der Waals surface area contributed by atoms with Gasteiger partial charge in [0.2, 0.25) is 0 Å². The number of amides is 1. The largest absolute Gasteiger partial charge is 0.464 e. The highest BCUT2D eigenvalue weighted by Crippen LogP contribution is 2.26. The van der Waals surface area contributed by atoms with Crippen LogP contribution < -0.4 is 0 Å². The molecular formula is C25H26ClN3O4. The number of aromatic nitrogens is 2. The average Bonchev–Trinajstić information content (AvgIpc) is 3.04. The summed E-state index contributed by atoms with van der Waals surface area (Å²) in [5.74, 6) is -1.09. The molecule has 0 N–H and O–H groups in total. The van der Waals surface area contributed by atoms with E-state index < -0.39 is 12.0 Å². The first kappa shape index (κ1) is 24.2. The lowest BCUT2D eigenvalue weighted by Gasteiger charge is -2.29. The van der Waals surface area contributed by atoms with E-state index in [9.17, 15) is 14.4 Å². The van der Waals surface area contributed by atoms with Crippen molar-refractivity contribution < 1.29 is 19.1 Å². The maximum absolute atomic E-state index is 13.7. The van der Waals surface area contributed by atoms with Gasteiger partial charge in [0.15, 0.2) is 5.78 Å². The van der Waals surface area contributed by atoms with Crippen molar-refractivity contribution in [3.05, 3.63) is 87.5 Å². The van der Waals surface area contributed by atoms with Crippen molar-refractivity contribution in [3.63, 3.8) is 0 Å². The number of rotatable bonds is 7. The monoisotopic (exact) mass is 467 g/mol. The number of halogens is 1. The number of carbonyl (C=O) groups excluding carboxylic acids is 3. The van der Waals surface area contributed by atoms with Gasteiger partial charge < -0.3 is 14.2 Å². The molecule has 0 spiro atoms. The van der Waals surface area contributed by atoms with Crippen LogP contribution in [-0.4, -0.2) is 45.3 Å². The van der Waals surface area contributed by atoms with E-state index >= 15 is 0 Å². The number of carbonyl (C=O) groups is 3. The summed E-state index contributed by atoms with van der Waals surface area (Å²) in [5.41, 5.74) is 3.08. The summed E-state index contributed by atoms with van der Waals surface area (Å²) in [7, 11) is 3.01. The van der Waals surface area contributed by atoms with E-state index in [1.54, 1.807) is 75.1 Å². The zero-order valence-electron chi connectivity index (χ0n) is 19.3. The topological polar surface area (TPSA) is 81.5 Å². The highest BCUT2D eigenvalue weighted by molar-refractivity contribution is 6.30. The molecule has 1 amide bonds. The normalized spacial score (nSPS) is 11.7. The van der Waals surface area contributed by atoms with Gasteiger partial charge in [0.1, 0.15) is 5.69 Å². The van der Waals surface area contributed by atoms with E-state index in [0.717, 1.165) is 5.56 Å². The molecular weight excluding hydrogens is 442 g/mol. The number of esters is 1. The Morgan fingerprint density at radius 2 is 1.82 bits per heavy atom. The number of benzene rings is 1. The molecule has 7 nitrogen and oxygen atoms in total. The maximum Gasteiger partial charge on any atom is 0.354 e. The summed E-state index contributed by atoms with van der Waals surface area (Å²) in [4.78, 5) is 45.1. The molecule has 0 radical (unpaired) electrons. The van der Waals surface area contributed by atoms with E-state index in [4.69, 9.17) is 16.3 Å². The highest BCUT2D eigenvalue weighted by Gasteiger charge is 2.33. The second-order valence-electron chi connectivity index (χ2n) is 7.83. The van der Waals surface area contributed by atoms with Crippen molar-refractivity contribution in [1.82, 2.24) is 14.5 Å². The zero-order chi connectivity index (χ0) is 24.3. The molecule has 0 bridgehead atoms. The molecule has 1 unspecified atom stereocenters. The van der Waals surface area contributed by atoms with Gasteiger partial charge in [0, 0.05) is 47.8 Å². The van der Waals surface area contributed by atoms with E-state index in [0.29, 0.717) is 33.1 Å². The number of ether oxygens (including phenoxy) is 1. The Bertz CT molecular complexity index is 1190. The highest BCUT2D eigenvalue weighted by atomic mass is 35.5. The van der Waals surface area contributed by atoms with E-state index in [1.807, 2.05) is 6.07 Å². The summed E-state index contributed by atoms with van der Waals surface area (Å²) >= 11 is 5.98. The molecule has 2 aromatic heterocycles. The molecule has 33 heavy (non-hydrogen) atoms. The van der Waals surface area contributed by atoms with Crippen molar-refractivity contribution in [3.8, 4) is 0 Å². The van der Waals surface area contributed by atoms with Crippen LogP contribution in [0.2, 0.25) is 5.02 Å². The molecule has 1 aromatic carbocycles. The van der Waals surface area contributed by atoms with Crippen LogP contribution in [0.25, 0.3) is 0 Å². The minimum Gasteiger partial charge on any atom is -0.464 e. The minimum absolute atomic E-state index is 0.191. The molecule has 0 aliphatic rings. The number of nitrogens with zero attached hydrogens (tertiary/aromatic N) is 3. The Balaban J connectivity index is 2.03. The lowest BCUT2D eigenvalue weighted by atomic mass is 9.99. The summed E-state index contributed by atoms with van der Waals surface area (Å²) in [5, 5.41) is 0.514. The molecule has 8 heteroatoms. The van der Waals surface area contributed by atoms with Gasteiger partial charge in [-0.05, 0) is 62.2 Å². The van der Waals surface area contributed by atoms with Crippen LogP contribution >= 0.6 is 11.6 Å². The quantitative estimate of drug-likeness (QED) is 0.380. The predicted octanol–water partition coefficient (Wildman–Crippen LogP) is 4.39. The number of methoxy groups -OCH3 is 1. The Morgan fingerprint density at radius 1 is 1.15 bits per heavy atom. The van der Waals surface area contributed by atoms with Crippen molar-refractivity contribution in [2.24, 2.45) is 7.05 Å². The summed E-state index contributed by atoms with van der Waals surface area (Å²) < 4.78 is 6.53. The average molecular weight is 468 g/mol. The van der Waals surface area contributed by atoms with Crippen molar-refractivity contribution in [2.45, 2.75) is 33.4 Å². The van der Waals surface area contributed by atoms with Crippen LogP contribution in [0.1, 0.15) is 54.9 Å². The fraction of sp³-hybridized carbons (Fsp3) is 0.280. The fourth-order valence-corrected chi connectivity index (χ4v) is 4.03. The smallest absolute Gasteiger partial charge is 0.354 e. The second-order valence-corrected chi connectivity index (χ2v) is 8.26. The van der Waals surface area contributed by atoms with E-state index in [-0.39, 0.29) is 18.2 Å². The van der Waals surface area contributed by atoms with Crippen LogP contribution in [-0.2, 0) is 18.3 Å². The van der Waals surface area contributed by atoms with Crippen LogP contribution in [0.5, 0.6) is 0 Å². The minimum atomic E-state index is -0.807. The van der Waals surface area contributed by atoms with Crippen molar-refractivity contribution in [1.29, 1.82) is 0 Å². The van der Waals surface area contributed by atoms with Crippen LogP contribution in [0.15, 0.2) is 48.8 Å². The third kappa shape index (κ3) is 4.83. The molecule has 0 saturated carbocycles. The van der Waals surface area contributed by atoms with Gasteiger partial charge in [-0.2, -0.15) is 0 Å². The molecule has 1 atom stereocenters. The number of pyridine rings is 1. The molecule has 3 aromatic rings. The van der Waals surface area contributed by atoms with Gasteiger partial charge in [-0.3, -0.25) is 14.6 Å². The van der Waals surface area contributed by atoms with Gasteiger partial charge in [-0.1, -0.05) is 17.7 Å². The first-order valence-electron chi connectivity index (χ1n) is 10.4. The standard InChI is InChI=1S/C25H26ClN3O4/c1-15-21(16(2)28(4)22(15)25(32)33-5)23(30)17(3)29(14-18-7-6-12-27-13-18)24(31)19-8-10-20(26)11-9-19/h6-13,17H,14H2,1-5H3. The second kappa shape index (κ2) is 10.0. The number of hydrogen-bond acceptors (Lipinski definition) is 5. The van der Waals surface area contributed by atoms with E-state index in [2.05, 4.69) is 4.98 Å². The molecule has 3 rings (SSSR count). The van der Waals surface area contributed by atoms with Gasteiger partial charge in [-0.15, -0.1) is 0 Å². The molecule has 0 aliphatic heterocycles. The number of ketones is 1. The molecule has 172 valence electrons. The van der Waals surface area contributed by atoms with Crippen LogP contribution in [0, 0.1) is 13.8 Å². The number of Topliss-reactive ketones (excluding diaryl/α,β-unsaturated/α-hetero) is 1.